The predicted octanol–water partition coefficient (Wildman–Crippen LogP) is 2.84. The number of anilines is 1. The third kappa shape index (κ3) is 2.39. The molecule has 4 nitrogen and oxygen atoms in total. The molecule has 0 unspecified atom stereocenters. The largest absolute Gasteiger partial charge is 0.398 e. The van der Waals surface area contributed by atoms with Crippen LogP contribution in [-0.2, 0) is 23.0 Å². The summed E-state index contributed by atoms with van der Waals surface area (Å²) in [5.74, 6) is 0. The summed E-state index contributed by atoms with van der Waals surface area (Å²) < 4.78 is 27.4. The third-order valence-electron chi connectivity index (χ3n) is 3.38. The molecule has 0 bridgehead atoms. The fourth-order valence-corrected chi connectivity index (χ4v) is 5.11. The zero-order valence-corrected chi connectivity index (χ0v) is 13.8. The lowest BCUT2D eigenvalue weighted by molar-refractivity contribution is 0.394. The number of nitrogens with two attached hydrogens (primary N) is 1. The number of fused-ring (bicyclic) bond motifs is 1. The Morgan fingerprint density at radius 1 is 1.30 bits per heavy atom. The van der Waals surface area contributed by atoms with E-state index in [0.717, 1.165) is 12.0 Å². The Labute approximate surface area is 130 Å². The lowest BCUT2D eigenvalue weighted by Crippen LogP contribution is -2.35. The van der Waals surface area contributed by atoms with E-state index in [1.807, 2.05) is 11.4 Å². The minimum absolute atomic E-state index is 0.275. The van der Waals surface area contributed by atoms with E-state index in [0.29, 0.717) is 23.2 Å². The topological polar surface area (TPSA) is 63.4 Å². The van der Waals surface area contributed by atoms with Crippen LogP contribution in [0.4, 0.5) is 5.69 Å². The highest BCUT2D eigenvalue weighted by Crippen LogP contribution is 2.30. The van der Waals surface area contributed by atoms with Crippen LogP contribution in [0.1, 0.15) is 10.4 Å². The van der Waals surface area contributed by atoms with E-state index in [9.17, 15) is 8.42 Å². The minimum Gasteiger partial charge on any atom is -0.398 e. The summed E-state index contributed by atoms with van der Waals surface area (Å²) in [4.78, 5) is 1.56. The van der Waals surface area contributed by atoms with Crippen molar-refractivity contribution in [2.24, 2.45) is 0 Å². The van der Waals surface area contributed by atoms with Crippen molar-refractivity contribution in [1.82, 2.24) is 4.31 Å². The third-order valence-corrected chi connectivity index (χ3v) is 6.93. The van der Waals surface area contributed by atoms with Gasteiger partial charge in [0.1, 0.15) is 0 Å². The van der Waals surface area contributed by atoms with E-state index in [1.54, 1.807) is 29.5 Å². The monoisotopic (exact) mass is 372 g/mol. The molecule has 1 aromatic heterocycles. The van der Waals surface area contributed by atoms with Gasteiger partial charge in [-0.05, 0) is 57.6 Å². The van der Waals surface area contributed by atoms with E-state index >= 15 is 0 Å². The highest BCUT2D eigenvalue weighted by Gasteiger charge is 2.29. The molecule has 0 aliphatic carbocycles. The van der Waals surface area contributed by atoms with Crippen molar-refractivity contribution in [3.8, 4) is 0 Å². The molecule has 0 fully saturated rings. The van der Waals surface area contributed by atoms with Gasteiger partial charge in [0.2, 0.25) is 10.0 Å². The number of rotatable bonds is 2. The number of benzene rings is 1. The maximum atomic E-state index is 12.7. The predicted molar refractivity (Wildman–Crippen MR) is 84.2 cm³/mol. The van der Waals surface area contributed by atoms with Crippen LogP contribution in [0.2, 0.25) is 0 Å². The van der Waals surface area contributed by atoms with Crippen molar-refractivity contribution in [2.45, 2.75) is 17.9 Å². The smallest absolute Gasteiger partial charge is 0.243 e. The average Bonchev–Trinajstić information content (AvgIpc) is 2.89. The Bertz CT molecular complexity index is 755. The summed E-state index contributed by atoms with van der Waals surface area (Å²) in [6.45, 7) is 0.973. The van der Waals surface area contributed by atoms with Crippen LogP contribution in [0.25, 0.3) is 0 Å². The van der Waals surface area contributed by atoms with Crippen molar-refractivity contribution in [1.29, 1.82) is 0 Å². The van der Waals surface area contributed by atoms with Gasteiger partial charge in [0.25, 0.3) is 0 Å². The molecule has 3 rings (SSSR count). The van der Waals surface area contributed by atoms with Gasteiger partial charge in [0.05, 0.1) is 4.90 Å². The Morgan fingerprint density at radius 3 is 2.85 bits per heavy atom. The van der Waals surface area contributed by atoms with Gasteiger partial charge in [-0.15, -0.1) is 11.3 Å². The Morgan fingerprint density at radius 2 is 2.10 bits per heavy atom. The highest BCUT2D eigenvalue weighted by molar-refractivity contribution is 9.10. The molecule has 106 valence electrons. The SMILES string of the molecule is Nc1ccc(S(=O)(=O)N2CCc3sccc3C2)cc1Br. The van der Waals surface area contributed by atoms with Gasteiger partial charge in [0.15, 0.2) is 0 Å². The van der Waals surface area contributed by atoms with Crippen LogP contribution in [0.5, 0.6) is 0 Å². The fraction of sp³-hybridized carbons (Fsp3) is 0.231. The molecular formula is C13H13BrN2O2S2. The number of halogens is 1. The lowest BCUT2D eigenvalue weighted by atomic mass is 10.1. The van der Waals surface area contributed by atoms with Crippen molar-refractivity contribution < 1.29 is 8.42 Å². The van der Waals surface area contributed by atoms with E-state index in [1.165, 1.54) is 9.18 Å². The number of hydrogen-bond donors (Lipinski definition) is 1. The van der Waals surface area contributed by atoms with Gasteiger partial charge in [-0.25, -0.2) is 8.42 Å². The Balaban J connectivity index is 1.95. The Kier molecular flexibility index (Phi) is 3.62. The molecule has 7 heteroatoms. The van der Waals surface area contributed by atoms with Crippen LogP contribution in [0.15, 0.2) is 39.0 Å². The maximum Gasteiger partial charge on any atom is 0.243 e. The summed E-state index contributed by atoms with van der Waals surface area (Å²) in [5, 5.41) is 2.01. The number of hydrogen-bond acceptors (Lipinski definition) is 4. The van der Waals surface area contributed by atoms with Gasteiger partial charge in [-0.2, -0.15) is 4.31 Å². The summed E-state index contributed by atoms with van der Waals surface area (Å²) >= 11 is 4.97. The van der Waals surface area contributed by atoms with Crippen LogP contribution >= 0.6 is 27.3 Å². The standard InChI is InChI=1S/C13H13BrN2O2S2/c14-11-7-10(1-2-12(11)15)20(17,18)16-5-3-13-9(8-16)4-6-19-13/h1-2,4,6-7H,3,5,8,15H2. The molecule has 20 heavy (non-hydrogen) atoms. The molecule has 1 aliphatic heterocycles. The van der Waals surface area contributed by atoms with Gasteiger partial charge >= 0.3 is 0 Å². The van der Waals surface area contributed by atoms with Gasteiger partial charge in [-0.3, -0.25) is 0 Å². The normalized spacial score (nSPS) is 16.1. The molecule has 1 aliphatic rings. The first-order chi connectivity index (χ1) is 9.48. The lowest BCUT2D eigenvalue weighted by Gasteiger charge is -2.26. The van der Waals surface area contributed by atoms with E-state index in [2.05, 4.69) is 15.9 Å². The second-order valence-electron chi connectivity index (χ2n) is 4.64. The van der Waals surface area contributed by atoms with Crippen molar-refractivity contribution in [2.75, 3.05) is 12.3 Å². The molecule has 1 aromatic carbocycles. The first-order valence-electron chi connectivity index (χ1n) is 6.09. The maximum absolute atomic E-state index is 12.7. The molecule has 2 heterocycles. The minimum atomic E-state index is -3.47. The van der Waals surface area contributed by atoms with Crippen LogP contribution in [0, 0.1) is 0 Å². The molecule has 0 radical (unpaired) electrons. The van der Waals surface area contributed by atoms with Crippen LogP contribution < -0.4 is 5.73 Å². The van der Waals surface area contributed by atoms with Crippen LogP contribution in [0.3, 0.4) is 0 Å². The molecule has 0 saturated heterocycles. The van der Waals surface area contributed by atoms with E-state index in [4.69, 9.17) is 5.73 Å². The van der Waals surface area contributed by atoms with Crippen molar-refractivity contribution in [3.63, 3.8) is 0 Å². The van der Waals surface area contributed by atoms with E-state index < -0.39 is 10.0 Å². The summed E-state index contributed by atoms with van der Waals surface area (Å²) in [7, 11) is -3.47. The summed E-state index contributed by atoms with van der Waals surface area (Å²) in [5.41, 5.74) is 7.35. The van der Waals surface area contributed by atoms with Gasteiger partial charge in [-0.1, -0.05) is 0 Å². The number of thiophene rings is 1. The second kappa shape index (κ2) is 5.14. The fourth-order valence-electron chi connectivity index (χ4n) is 2.25. The summed E-state index contributed by atoms with van der Waals surface area (Å²) in [6.07, 6.45) is 0.780. The summed E-state index contributed by atoms with van der Waals surface area (Å²) in [6, 6.07) is 6.73. The number of nitrogen functional groups attached to an aromatic ring is 1. The van der Waals surface area contributed by atoms with Gasteiger partial charge < -0.3 is 5.73 Å². The molecule has 0 atom stereocenters. The van der Waals surface area contributed by atoms with E-state index in [-0.39, 0.29) is 4.90 Å². The molecular weight excluding hydrogens is 360 g/mol. The molecule has 0 amide bonds. The Hall–Kier alpha value is -0.890. The molecule has 0 saturated carbocycles. The number of sulfonamides is 1. The van der Waals surface area contributed by atoms with Crippen molar-refractivity contribution in [3.05, 3.63) is 44.6 Å². The quantitative estimate of drug-likeness (QED) is 0.824. The first kappa shape index (κ1) is 14.1. The van der Waals surface area contributed by atoms with Crippen molar-refractivity contribution >= 4 is 43.0 Å². The number of nitrogens with zero attached hydrogens (tertiary/aromatic N) is 1. The highest BCUT2D eigenvalue weighted by atomic mass is 79.9. The first-order valence-corrected chi connectivity index (χ1v) is 9.20. The molecule has 0 spiro atoms. The zero-order valence-electron chi connectivity index (χ0n) is 10.5. The molecule has 2 aromatic rings. The second-order valence-corrected chi connectivity index (χ2v) is 8.43. The molecule has 2 N–H and O–H groups in total. The zero-order chi connectivity index (χ0) is 14.3. The average molecular weight is 373 g/mol. The van der Waals surface area contributed by atoms with Gasteiger partial charge in [0, 0.05) is 28.1 Å². The van der Waals surface area contributed by atoms with Crippen LogP contribution in [-0.4, -0.2) is 19.3 Å².